The van der Waals surface area contributed by atoms with Gasteiger partial charge in [-0.25, -0.2) is 4.79 Å². The van der Waals surface area contributed by atoms with Gasteiger partial charge in [0.1, 0.15) is 12.1 Å². The highest BCUT2D eigenvalue weighted by Gasteiger charge is 2.56. The Morgan fingerprint density at radius 2 is 1.60 bits per heavy atom. The van der Waals surface area contributed by atoms with Crippen molar-refractivity contribution < 1.29 is 14.4 Å². The van der Waals surface area contributed by atoms with Crippen molar-refractivity contribution >= 4 is 17.8 Å². The molecule has 0 aromatic carbocycles. The van der Waals surface area contributed by atoms with Crippen LogP contribution in [0.15, 0.2) is 0 Å². The van der Waals surface area contributed by atoms with Crippen LogP contribution in [0.4, 0.5) is 4.79 Å². The number of likely N-dealkylation sites (N-methyl/N-ethyl adjacent to an activating group) is 1. The number of carbonyl (C=O) groups excluding carboxylic acids is 3. The molecular weight excluding hydrogens is 318 g/mol. The van der Waals surface area contributed by atoms with Crippen molar-refractivity contribution in [3.63, 3.8) is 0 Å². The normalized spacial score (nSPS) is 26.8. The third kappa shape index (κ3) is 2.74. The first-order valence-corrected chi connectivity index (χ1v) is 9.95. The van der Waals surface area contributed by atoms with Crippen LogP contribution >= 0.6 is 0 Å². The monoisotopic (exact) mass is 347 g/mol. The number of urea groups is 1. The van der Waals surface area contributed by atoms with E-state index in [4.69, 9.17) is 0 Å². The van der Waals surface area contributed by atoms with Gasteiger partial charge < -0.3 is 9.80 Å². The maximum absolute atomic E-state index is 13.1. The standard InChI is InChI=1S/C19H29N3O3/c1-20-18(25)21(17(24)19(20)11-5-2-6-12-19)13-16(23)22(15-9-10-15)14-7-3-4-8-14/h14-15H,2-13H2,1H3. The molecule has 1 spiro atoms. The lowest BCUT2D eigenvalue weighted by Gasteiger charge is -2.36. The predicted octanol–water partition coefficient (Wildman–Crippen LogP) is 2.52. The number of amides is 4. The molecule has 4 fully saturated rings. The zero-order chi connectivity index (χ0) is 17.6. The van der Waals surface area contributed by atoms with E-state index in [1.165, 1.54) is 17.7 Å². The third-order valence-electron chi connectivity index (χ3n) is 6.72. The molecule has 0 unspecified atom stereocenters. The van der Waals surface area contributed by atoms with Gasteiger partial charge in [-0.15, -0.1) is 0 Å². The van der Waals surface area contributed by atoms with Crippen LogP contribution in [0, 0.1) is 0 Å². The summed E-state index contributed by atoms with van der Waals surface area (Å²) in [7, 11) is 1.73. The second kappa shape index (κ2) is 6.29. The van der Waals surface area contributed by atoms with Crippen LogP contribution in [0.25, 0.3) is 0 Å². The van der Waals surface area contributed by atoms with Crippen LogP contribution in [-0.4, -0.2) is 63.8 Å². The Bertz CT molecular complexity index is 574. The van der Waals surface area contributed by atoms with E-state index in [0.717, 1.165) is 57.8 Å². The number of hydrogen-bond donors (Lipinski definition) is 0. The SMILES string of the molecule is CN1C(=O)N(CC(=O)N(C2CCCC2)C2CC2)C(=O)C12CCCCC2. The smallest absolute Gasteiger partial charge is 0.327 e. The third-order valence-corrected chi connectivity index (χ3v) is 6.72. The largest absolute Gasteiger partial charge is 0.335 e. The van der Waals surface area contributed by atoms with E-state index in [-0.39, 0.29) is 24.4 Å². The van der Waals surface area contributed by atoms with Gasteiger partial charge in [-0.3, -0.25) is 14.5 Å². The van der Waals surface area contributed by atoms with Gasteiger partial charge in [0.15, 0.2) is 0 Å². The van der Waals surface area contributed by atoms with Crippen molar-refractivity contribution in [2.75, 3.05) is 13.6 Å². The lowest BCUT2D eigenvalue weighted by Crippen LogP contribution is -2.50. The average Bonchev–Trinajstić information content (AvgIpc) is 3.28. The van der Waals surface area contributed by atoms with Gasteiger partial charge in [0.05, 0.1) is 0 Å². The minimum atomic E-state index is -0.687. The maximum atomic E-state index is 13.1. The quantitative estimate of drug-likeness (QED) is 0.734. The van der Waals surface area contributed by atoms with E-state index >= 15 is 0 Å². The average molecular weight is 347 g/mol. The molecule has 1 aliphatic heterocycles. The molecule has 0 aromatic rings. The Kier molecular flexibility index (Phi) is 4.24. The molecule has 0 N–H and O–H groups in total. The second-order valence-electron chi connectivity index (χ2n) is 8.30. The molecule has 3 saturated carbocycles. The lowest BCUT2D eigenvalue weighted by molar-refractivity contribution is -0.142. The molecule has 0 aromatic heterocycles. The van der Waals surface area contributed by atoms with E-state index < -0.39 is 5.54 Å². The van der Waals surface area contributed by atoms with Gasteiger partial charge in [-0.2, -0.15) is 0 Å². The summed E-state index contributed by atoms with van der Waals surface area (Å²) in [5.74, 6) is -0.174. The number of carbonyl (C=O) groups is 3. The minimum Gasteiger partial charge on any atom is -0.335 e. The number of hydrogen-bond acceptors (Lipinski definition) is 3. The van der Waals surface area contributed by atoms with Gasteiger partial charge in [0, 0.05) is 19.1 Å². The molecule has 25 heavy (non-hydrogen) atoms. The summed E-state index contributed by atoms with van der Waals surface area (Å²) in [6, 6.07) is 0.362. The summed E-state index contributed by atoms with van der Waals surface area (Å²) < 4.78 is 0. The topological polar surface area (TPSA) is 60.9 Å². The molecule has 0 bridgehead atoms. The Labute approximate surface area is 149 Å². The van der Waals surface area contributed by atoms with Gasteiger partial charge in [0.25, 0.3) is 5.91 Å². The first-order valence-electron chi connectivity index (χ1n) is 9.95. The molecular formula is C19H29N3O3. The molecule has 3 aliphatic carbocycles. The Morgan fingerprint density at radius 3 is 2.20 bits per heavy atom. The second-order valence-corrected chi connectivity index (χ2v) is 8.30. The highest BCUT2D eigenvalue weighted by atomic mass is 16.2. The summed E-state index contributed by atoms with van der Waals surface area (Å²) in [6.45, 7) is -0.0727. The molecule has 6 heteroatoms. The molecule has 4 amide bonds. The molecule has 138 valence electrons. The highest BCUT2D eigenvalue weighted by Crippen LogP contribution is 2.40. The summed E-state index contributed by atoms with van der Waals surface area (Å²) >= 11 is 0. The summed E-state index contributed by atoms with van der Waals surface area (Å²) in [5, 5.41) is 0. The molecule has 4 rings (SSSR count). The summed E-state index contributed by atoms with van der Waals surface area (Å²) in [4.78, 5) is 43.6. The van der Waals surface area contributed by atoms with Crippen LogP contribution in [0.3, 0.4) is 0 Å². The fourth-order valence-electron chi connectivity index (χ4n) is 5.13. The highest BCUT2D eigenvalue weighted by molar-refractivity contribution is 6.09. The van der Waals surface area contributed by atoms with Gasteiger partial charge in [0.2, 0.25) is 5.91 Å². The Morgan fingerprint density at radius 1 is 1.00 bits per heavy atom. The summed E-state index contributed by atoms with van der Waals surface area (Å²) in [5.41, 5.74) is -0.687. The van der Waals surface area contributed by atoms with Crippen LogP contribution in [0.5, 0.6) is 0 Å². The fourth-order valence-corrected chi connectivity index (χ4v) is 5.13. The maximum Gasteiger partial charge on any atom is 0.327 e. The first-order chi connectivity index (χ1) is 12.0. The van der Waals surface area contributed by atoms with E-state index in [1.54, 1.807) is 11.9 Å². The zero-order valence-corrected chi connectivity index (χ0v) is 15.2. The number of imide groups is 1. The predicted molar refractivity (Wildman–Crippen MR) is 92.8 cm³/mol. The molecule has 6 nitrogen and oxygen atoms in total. The van der Waals surface area contributed by atoms with Crippen LogP contribution in [0.2, 0.25) is 0 Å². The van der Waals surface area contributed by atoms with Crippen molar-refractivity contribution in [2.45, 2.75) is 88.3 Å². The van der Waals surface area contributed by atoms with Crippen molar-refractivity contribution in [1.29, 1.82) is 0 Å². The van der Waals surface area contributed by atoms with Crippen molar-refractivity contribution in [1.82, 2.24) is 14.7 Å². The molecule has 4 aliphatic rings. The van der Waals surface area contributed by atoms with E-state index in [2.05, 4.69) is 0 Å². The molecule has 1 heterocycles. The Hall–Kier alpha value is -1.59. The molecule has 0 radical (unpaired) electrons. The zero-order valence-electron chi connectivity index (χ0n) is 15.2. The van der Waals surface area contributed by atoms with Crippen molar-refractivity contribution in [3.05, 3.63) is 0 Å². The van der Waals surface area contributed by atoms with E-state index in [0.29, 0.717) is 12.1 Å². The van der Waals surface area contributed by atoms with Gasteiger partial charge in [-0.1, -0.05) is 32.1 Å². The number of nitrogens with zero attached hydrogens (tertiary/aromatic N) is 3. The lowest BCUT2D eigenvalue weighted by atomic mass is 9.81. The molecule has 1 saturated heterocycles. The first kappa shape index (κ1) is 16.9. The van der Waals surface area contributed by atoms with Crippen LogP contribution in [-0.2, 0) is 9.59 Å². The molecule has 0 atom stereocenters. The van der Waals surface area contributed by atoms with Crippen molar-refractivity contribution in [3.8, 4) is 0 Å². The van der Waals surface area contributed by atoms with Crippen LogP contribution in [0.1, 0.15) is 70.6 Å². The fraction of sp³-hybridized carbons (Fsp3) is 0.842. The number of rotatable bonds is 4. The Balaban J connectivity index is 1.50. The van der Waals surface area contributed by atoms with Crippen LogP contribution < -0.4 is 0 Å². The van der Waals surface area contributed by atoms with Gasteiger partial charge in [-0.05, 0) is 38.5 Å². The van der Waals surface area contributed by atoms with Crippen molar-refractivity contribution in [2.24, 2.45) is 0 Å². The minimum absolute atomic E-state index is 0.0302. The van der Waals surface area contributed by atoms with E-state index in [9.17, 15) is 14.4 Å². The van der Waals surface area contributed by atoms with E-state index in [1.807, 2.05) is 4.90 Å². The summed E-state index contributed by atoms with van der Waals surface area (Å²) in [6.07, 6.45) is 11.1. The van der Waals surface area contributed by atoms with Gasteiger partial charge >= 0.3 is 6.03 Å².